The van der Waals surface area contributed by atoms with Crippen molar-refractivity contribution >= 4 is 28.8 Å². The average Bonchev–Trinajstić information content (AvgIpc) is 3.27. The molecule has 0 unspecified atom stereocenters. The van der Waals surface area contributed by atoms with Gasteiger partial charge in [-0.3, -0.25) is 9.78 Å². The van der Waals surface area contributed by atoms with E-state index in [9.17, 15) is 9.59 Å². The molecule has 0 fully saturated rings. The van der Waals surface area contributed by atoms with E-state index in [2.05, 4.69) is 10.3 Å². The minimum atomic E-state index is -0.588. The smallest absolute Gasteiger partial charge is 0.338 e. The van der Waals surface area contributed by atoms with Gasteiger partial charge in [0.2, 0.25) is 5.91 Å². The van der Waals surface area contributed by atoms with Crippen LogP contribution in [-0.2, 0) is 20.9 Å². The molecule has 0 saturated carbocycles. The number of thioether (sulfide) groups is 1. The summed E-state index contributed by atoms with van der Waals surface area (Å²) < 4.78 is 16.6. The third kappa shape index (κ3) is 5.96. The van der Waals surface area contributed by atoms with Gasteiger partial charge in [-0.25, -0.2) is 9.79 Å². The number of amidine groups is 1. The topological polar surface area (TPSA) is 102 Å². The van der Waals surface area contributed by atoms with Crippen molar-refractivity contribution in [2.45, 2.75) is 45.9 Å². The first-order valence-electron chi connectivity index (χ1n) is 11.8. The third-order valence-corrected chi connectivity index (χ3v) is 6.70. The van der Waals surface area contributed by atoms with Crippen molar-refractivity contribution in [3.63, 3.8) is 0 Å². The van der Waals surface area contributed by atoms with Gasteiger partial charge < -0.3 is 24.4 Å². The van der Waals surface area contributed by atoms with Crippen molar-refractivity contribution in [1.29, 1.82) is 0 Å². The van der Waals surface area contributed by atoms with Gasteiger partial charge in [0.1, 0.15) is 11.5 Å². The predicted molar refractivity (Wildman–Crippen MR) is 142 cm³/mol. The molecule has 37 heavy (non-hydrogen) atoms. The summed E-state index contributed by atoms with van der Waals surface area (Å²) in [6.45, 7) is 5.78. The normalized spacial score (nSPS) is 16.7. The molecule has 2 aliphatic rings. The van der Waals surface area contributed by atoms with E-state index in [4.69, 9.17) is 19.2 Å². The van der Waals surface area contributed by atoms with Gasteiger partial charge in [-0.2, -0.15) is 0 Å². The number of pyridine rings is 1. The molecule has 0 aliphatic carbocycles. The van der Waals surface area contributed by atoms with Crippen LogP contribution in [0.1, 0.15) is 44.4 Å². The Kier molecular flexibility index (Phi) is 8.17. The molecular weight excluding hydrogens is 492 g/mol. The lowest BCUT2D eigenvalue weighted by Crippen LogP contribution is -2.38. The molecule has 3 heterocycles. The fraction of sp³-hybridized carbons (Fsp3) is 0.333. The first kappa shape index (κ1) is 26.3. The highest BCUT2D eigenvalue weighted by Gasteiger charge is 2.41. The van der Waals surface area contributed by atoms with Crippen LogP contribution >= 0.6 is 11.8 Å². The van der Waals surface area contributed by atoms with E-state index in [-0.39, 0.29) is 18.4 Å². The van der Waals surface area contributed by atoms with Crippen molar-refractivity contribution in [3.8, 4) is 11.5 Å². The number of nitrogens with one attached hydrogen (secondary N) is 1. The summed E-state index contributed by atoms with van der Waals surface area (Å²) in [6.07, 6.45) is 3.20. The Morgan fingerprint density at radius 1 is 1.16 bits per heavy atom. The second-order valence-corrected chi connectivity index (χ2v) is 9.64. The Morgan fingerprint density at radius 2 is 1.89 bits per heavy atom. The zero-order valence-corrected chi connectivity index (χ0v) is 22.3. The number of fused-ring (bicyclic) bond motifs is 1. The summed E-state index contributed by atoms with van der Waals surface area (Å²) in [6, 6.07) is 8.62. The fourth-order valence-corrected chi connectivity index (χ4v) is 5.11. The SMILES string of the molecule is COc1cc(OC)cc([C@@H]2C(C(=O)OC(C)C)=C(C)N=C3SC=C(CC(=O)NCc4cccnc4)N32)c1. The van der Waals surface area contributed by atoms with Crippen LogP contribution in [0.3, 0.4) is 0 Å². The standard InChI is InChI=1S/C27H30N4O5S/c1-16(2)36-26(33)24-17(3)30-27-31(25(24)19-9-21(34-4)12-22(10-19)35-5)20(15-37-27)11-23(32)29-14-18-7-6-8-28-13-18/h6-10,12-13,15-16,25H,11,14H2,1-5H3,(H,29,32)/t25-/m1/s1. The molecule has 0 radical (unpaired) electrons. The zero-order valence-electron chi connectivity index (χ0n) is 21.5. The van der Waals surface area contributed by atoms with E-state index in [1.54, 1.807) is 53.5 Å². The number of aliphatic imine (C=N–C) groups is 1. The Hall–Kier alpha value is -3.79. The maximum atomic E-state index is 13.3. The molecule has 0 spiro atoms. The van der Waals surface area contributed by atoms with E-state index in [1.807, 2.05) is 34.6 Å². The lowest BCUT2D eigenvalue weighted by Gasteiger charge is -2.36. The molecule has 1 amide bonds. The van der Waals surface area contributed by atoms with Crippen molar-refractivity contribution in [1.82, 2.24) is 15.2 Å². The Morgan fingerprint density at radius 3 is 2.51 bits per heavy atom. The minimum absolute atomic E-state index is 0.107. The number of esters is 1. The van der Waals surface area contributed by atoms with Crippen LogP contribution < -0.4 is 14.8 Å². The van der Waals surface area contributed by atoms with Gasteiger partial charge >= 0.3 is 5.97 Å². The van der Waals surface area contributed by atoms with Gasteiger partial charge in [0.15, 0.2) is 5.17 Å². The second kappa shape index (κ2) is 11.5. The van der Waals surface area contributed by atoms with Crippen LogP contribution in [0, 0.1) is 0 Å². The molecule has 1 aromatic carbocycles. The Labute approximate surface area is 220 Å². The highest BCUT2D eigenvalue weighted by atomic mass is 32.2. The molecule has 1 aromatic heterocycles. The van der Waals surface area contributed by atoms with Crippen LogP contribution in [0.25, 0.3) is 0 Å². The van der Waals surface area contributed by atoms with Crippen LogP contribution in [0.5, 0.6) is 11.5 Å². The highest BCUT2D eigenvalue weighted by Crippen LogP contribution is 2.46. The van der Waals surface area contributed by atoms with Crippen molar-refractivity contribution in [2.75, 3.05) is 14.2 Å². The fourth-order valence-electron chi connectivity index (χ4n) is 4.14. The van der Waals surface area contributed by atoms with Gasteiger partial charge in [-0.1, -0.05) is 17.8 Å². The summed E-state index contributed by atoms with van der Waals surface area (Å²) in [5, 5.41) is 5.52. The van der Waals surface area contributed by atoms with Crippen molar-refractivity contribution < 1.29 is 23.8 Å². The number of methoxy groups -OCH3 is 2. The van der Waals surface area contributed by atoms with E-state index in [1.165, 1.54) is 11.8 Å². The number of ether oxygens (including phenoxy) is 3. The van der Waals surface area contributed by atoms with E-state index < -0.39 is 12.0 Å². The van der Waals surface area contributed by atoms with Gasteiger partial charge in [-0.05, 0) is 55.5 Å². The number of benzene rings is 1. The maximum absolute atomic E-state index is 13.3. The molecule has 2 aliphatic heterocycles. The van der Waals surface area contributed by atoms with Gasteiger partial charge in [0, 0.05) is 30.7 Å². The number of carbonyl (C=O) groups excluding carboxylic acids is 2. The summed E-state index contributed by atoms with van der Waals surface area (Å²) in [5.74, 6) is 0.550. The van der Waals surface area contributed by atoms with E-state index in [0.29, 0.717) is 34.5 Å². The molecule has 0 bridgehead atoms. The monoisotopic (exact) mass is 522 g/mol. The summed E-state index contributed by atoms with van der Waals surface area (Å²) >= 11 is 1.42. The Bertz CT molecular complexity index is 1250. The van der Waals surface area contributed by atoms with Crippen LogP contribution in [-0.4, -0.2) is 47.3 Å². The molecule has 0 saturated heterocycles. The molecule has 4 rings (SSSR count). The number of hydrogen-bond donors (Lipinski definition) is 1. The van der Waals surface area contributed by atoms with Gasteiger partial charge in [-0.15, -0.1) is 0 Å². The Balaban J connectivity index is 1.68. The minimum Gasteiger partial charge on any atom is -0.497 e. The number of hydrogen-bond acceptors (Lipinski definition) is 9. The number of aromatic nitrogens is 1. The molecule has 10 heteroatoms. The third-order valence-electron chi connectivity index (χ3n) is 5.81. The largest absolute Gasteiger partial charge is 0.497 e. The predicted octanol–water partition coefficient (Wildman–Crippen LogP) is 4.33. The molecule has 1 atom stereocenters. The molecule has 194 valence electrons. The van der Waals surface area contributed by atoms with E-state index in [0.717, 1.165) is 16.8 Å². The lowest BCUT2D eigenvalue weighted by atomic mass is 9.93. The highest BCUT2D eigenvalue weighted by molar-refractivity contribution is 8.16. The van der Waals surface area contributed by atoms with Gasteiger partial charge in [0.05, 0.1) is 44.1 Å². The summed E-state index contributed by atoms with van der Waals surface area (Å²) in [5.41, 5.74) is 3.35. The second-order valence-electron chi connectivity index (χ2n) is 8.81. The molecule has 9 nitrogen and oxygen atoms in total. The average molecular weight is 523 g/mol. The van der Waals surface area contributed by atoms with Crippen LogP contribution in [0.15, 0.2) is 70.1 Å². The number of nitrogens with zero attached hydrogens (tertiary/aromatic N) is 3. The first-order valence-corrected chi connectivity index (χ1v) is 12.7. The number of carbonyl (C=O) groups is 2. The molecule has 2 aromatic rings. The van der Waals surface area contributed by atoms with Crippen molar-refractivity contribution in [2.24, 2.45) is 4.99 Å². The quantitative estimate of drug-likeness (QED) is 0.486. The maximum Gasteiger partial charge on any atom is 0.338 e. The summed E-state index contributed by atoms with van der Waals surface area (Å²) in [4.78, 5) is 37.0. The molecule has 1 N–H and O–H groups in total. The van der Waals surface area contributed by atoms with Crippen LogP contribution in [0.4, 0.5) is 0 Å². The van der Waals surface area contributed by atoms with Crippen molar-refractivity contribution in [3.05, 3.63) is 76.2 Å². The lowest BCUT2D eigenvalue weighted by molar-refractivity contribution is -0.143. The molecular formula is C27H30N4O5S. The number of allylic oxidation sites excluding steroid dienone is 1. The van der Waals surface area contributed by atoms with Crippen LogP contribution in [0.2, 0.25) is 0 Å². The van der Waals surface area contributed by atoms with E-state index >= 15 is 0 Å². The van der Waals surface area contributed by atoms with Gasteiger partial charge in [0.25, 0.3) is 0 Å². The zero-order chi connectivity index (χ0) is 26.5. The first-order chi connectivity index (χ1) is 17.8. The number of rotatable bonds is 9. The summed E-state index contributed by atoms with van der Waals surface area (Å²) in [7, 11) is 3.15. The number of amides is 1.